The van der Waals surface area contributed by atoms with E-state index in [0.29, 0.717) is 23.6 Å². The van der Waals surface area contributed by atoms with Crippen LogP contribution in [-0.4, -0.2) is 20.1 Å². The molecule has 1 N–H and O–H groups in total. The fraction of sp³-hybridized carbons (Fsp3) is 0.231. The second-order valence-corrected chi connectivity index (χ2v) is 8.09. The standard InChI is InChI=1S/C26H22N2O3/c1-30-17-11-16(12-18(13-17)31-2)28-25(29)26(15-27)14-23-19-7-3-5-9-21(19)24(26)22-10-6-4-8-20(22)23/h3-13,23-24H,14H2,1-2H3,(H,28,29). The molecule has 31 heavy (non-hydrogen) atoms. The lowest BCUT2D eigenvalue weighted by molar-refractivity contribution is -0.124. The number of hydrogen-bond donors (Lipinski definition) is 1. The molecule has 0 aromatic heterocycles. The average molecular weight is 410 g/mol. The van der Waals surface area contributed by atoms with Gasteiger partial charge in [0.2, 0.25) is 5.91 Å². The zero-order valence-corrected chi connectivity index (χ0v) is 17.4. The number of carbonyl (C=O) groups excluding carboxylic acids is 1. The van der Waals surface area contributed by atoms with Crippen LogP contribution in [0, 0.1) is 16.7 Å². The molecule has 5 nitrogen and oxygen atoms in total. The molecular formula is C26H22N2O3. The molecule has 3 aliphatic rings. The lowest BCUT2D eigenvalue weighted by Crippen LogP contribution is -2.48. The summed E-state index contributed by atoms with van der Waals surface area (Å²) >= 11 is 0. The monoisotopic (exact) mass is 410 g/mol. The van der Waals surface area contributed by atoms with E-state index in [1.165, 1.54) is 11.1 Å². The van der Waals surface area contributed by atoms with Crippen molar-refractivity contribution in [2.24, 2.45) is 5.41 Å². The highest BCUT2D eigenvalue weighted by atomic mass is 16.5. The second-order valence-electron chi connectivity index (χ2n) is 8.09. The zero-order valence-electron chi connectivity index (χ0n) is 17.4. The lowest BCUT2D eigenvalue weighted by Gasteiger charge is -2.48. The van der Waals surface area contributed by atoms with E-state index in [1.807, 2.05) is 24.3 Å². The molecule has 0 saturated heterocycles. The summed E-state index contributed by atoms with van der Waals surface area (Å²) in [4.78, 5) is 13.7. The summed E-state index contributed by atoms with van der Waals surface area (Å²) in [5.74, 6) is 0.539. The van der Waals surface area contributed by atoms with Gasteiger partial charge >= 0.3 is 0 Å². The van der Waals surface area contributed by atoms with Crippen molar-refractivity contribution in [2.45, 2.75) is 18.3 Å². The Balaban J connectivity index is 1.61. The summed E-state index contributed by atoms with van der Waals surface area (Å²) < 4.78 is 10.6. The molecule has 0 heterocycles. The Morgan fingerprint density at radius 3 is 1.94 bits per heavy atom. The largest absolute Gasteiger partial charge is 0.497 e. The first kappa shape index (κ1) is 19.2. The molecular weight excluding hydrogens is 388 g/mol. The number of rotatable bonds is 4. The second kappa shape index (κ2) is 7.17. The van der Waals surface area contributed by atoms with E-state index in [2.05, 4.69) is 35.7 Å². The van der Waals surface area contributed by atoms with Crippen molar-refractivity contribution >= 4 is 11.6 Å². The molecule has 1 unspecified atom stereocenters. The van der Waals surface area contributed by atoms with Crippen molar-refractivity contribution < 1.29 is 14.3 Å². The highest BCUT2D eigenvalue weighted by Crippen LogP contribution is 2.61. The van der Waals surface area contributed by atoms with Crippen LogP contribution in [0.2, 0.25) is 0 Å². The predicted molar refractivity (Wildman–Crippen MR) is 117 cm³/mol. The summed E-state index contributed by atoms with van der Waals surface area (Å²) in [7, 11) is 3.12. The minimum atomic E-state index is -1.20. The van der Waals surface area contributed by atoms with Crippen LogP contribution in [-0.2, 0) is 4.79 Å². The number of methoxy groups -OCH3 is 2. The summed E-state index contributed by atoms with van der Waals surface area (Å²) in [6, 6.07) is 24.0. The average Bonchev–Trinajstić information content (AvgIpc) is 2.83. The summed E-state index contributed by atoms with van der Waals surface area (Å²) in [5.41, 5.74) is 3.90. The number of anilines is 1. The fourth-order valence-electron chi connectivity index (χ4n) is 5.21. The molecule has 0 fully saturated rings. The van der Waals surface area contributed by atoms with Crippen molar-refractivity contribution in [3.8, 4) is 17.6 Å². The third kappa shape index (κ3) is 2.79. The van der Waals surface area contributed by atoms with Gasteiger partial charge in [-0.05, 0) is 28.7 Å². The third-order valence-corrected chi connectivity index (χ3v) is 6.60. The highest BCUT2D eigenvalue weighted by Gasteiger charge is 2.57. The summed E-state index contributed by atoms with van der Waals surface area (Å²) in [6.45, 7) is 0. The van der Waals surface area contributed by atoms with E-state index in [-0.39, 0.29) is 17.7 Å². The molecule has 2 bridgehead atoms. The highest BCUT2D eigenvalue weighted by molar-refractivity contribution is 5.99. The van der Waals surface area contributed by atoms with Crippen molar-refractivity contribution in [3.05, 3.63) is 89.0 Å². The van der Waals surface area contributed by atoms with Gasteiger partial charge in [-0.1, -0.05) is 48.5 Å². The third-order valence-electron chi connectivity index (χ3n) is 6.60. The van der Waals surface area contributed by atoms with Gasteiger partial charge in [0.05, 0.1) is 20.3 Å². The molecule has 3 aromatic carbocycles. The Morgan fingerprint density at radius 2 is 1.45 bits per heavy atom. The number of ether oxygens (including phenoxy) is 2. The van der Waals surface area contributed by atoms with Crippen molar-refractivity contribution in [3.63, 3.8) is 0 Å². The molecule has 0 spiro atoms. The number of fused-ring (bicyclic) bond motifs is 1. The number of nitriles is 1. The summed E-state index contributed by atoms with van der Waals surface area (Å²) in [5, 5.41) is 13.4. The molecule has 0 radical (unpaired) electrons. The number of amides is 1. The maximum absolute atomic E-state index is 13.7. The van der Waals surface area contributed by atoms with E-state index >= 15 is 0 Å². The molecule has 0 saturated carbocycles. The Kier molecular flexibility index (Phi) is 4.44. The maximum atomic E-state index is 13.7. The van der Waals surface area contributed by atoms with Gasteiger partial charge in [0.15, 0.2) is 0 Å². The van der Waals surface area contributed by atoms with E-state index in [9.17, 15) is 10.1 Å². The topological polar surface area (TPSA) is 71.3 Å². The number of hydrogen-bond acceptors (Lipinski definition) is 4. The molecule has 6 rings (SSSR count). The van der Waals surface area contributed by atoms with Crippen molar-refractivity contribution in [2.75, 3.05) is 19.5 Å². The number of nitrogens with zero attached hydrogens (tertiary/aromatic N) is 1. The molecule has 3 aromatic rings. The van der Waals surface area contributed by atoms with Gasteiger partial charge in [-0.2, -0.15) is 5.26 Å². The Labute approximate surface area is 181 Å². The summed E-state index contributed by atoms with van der Waals surface area (Å²) in [6.07, 6.45) is 0.454. The molecule has 154 valence electrons. The van der Waals surface area contributed by atoms with Gasteiger partial charge < -0.3 is 14.8 Å². The van der Waals surface area contributed by atoms with Gasteiger partial charge in [-0.3, -0.25) is 4.79 Å². The van der Waals surface area contributed by atoms with Gasteiger partial charge in [-0.15, -0.1) is 0 Å². The first-order valence-corrected chi connectivity index (χ1v) is 10.2. The molecule has 3 aliphatic carbocycles. The fourth-order valence-corrected chi connectivity index (χ4v) is 5.21. The van der Waals surface area contributed by atoms with Crippen molar-refractivity contribution in [1.29, 1.82) is 5.26 Å². The van der Waals surface area contributed by atoms with Crippen LogP contribution in [0.4, 0.5) is 5.69 Å². The Bertz CT molecular complexity index is 1160. The first-order chi connectivity index (χ1) is 15.1. The minimum absolute atomic E-state index is 0.0163. The zero-order chi connectivity index (χ0) is 21.6. The van der Waals surface area contributed by atoms with Crippen LogP contribution in [0.25, 0.3) is 0 Å². The SMILES string of the molecule is COc1cc(NC(=O)C2(C#N)CC3c4ccccc4C2c2ccccc23)cc(OC)c1. The lowest BCUT2D eigenvalue weighted by atomic mass is 9.52. The Morgan fingerprint density at radius 1 is 0.935 bits per heavy atom. The van der Waals surface area contributed by atoms with Crippen molar-refractivity contribution in [1.82, 2.24) is 0 Å². The molecule has 1 atom stereocenters. The van der Waals surface area contributed by atoms with E-state index in [1.54, 1.807) is 32.4 Å². The van der Waals surface area contributed by atoms with Gasteiger partial charge in [-0.25, -0.2) is 0 Å². The predicted octanol–water partition coefficient (Wildman–Crippen LogP) is 4.83. The van der Waals surface area contributed by atoms with Crippen LogP contribution >= 0.6 is 0 Å². The van der Waals surface area contributed by atoms with Crippen LogP contribution in [0.15, 0.2) is 66.7 Å². The van der Waals surface area contributed by atoms with Crippen LogP contribution < -0.4 is 14.8 Å². The Hall–Kier alpha value is -3.78. The number of nitrogens with one attached hydrogen (secondary N) is 1. The molecule has 1 amide bonds. The maximum Gasteiger partial charge on any atom is 0.245 e. The quantitative estimate of drug-likeness (QED) is 0.669. The number of benzene rings is 3. The van der Waals surface area contributed by atoms with E-state index < -0.39 is 5.41 Å². The normalized spacial score (nSPS) is 22.6. The van der Waals surface area contributed by atoms with Gasteiger partial charge in [0.25, 0.3) is 0 Å². The van der Waals surface area contributed by atoms with E-state index in [0.717, 1.165) is 11.1 Å². The van der Waals surface area contributed by atoms with Crippen LogP contribution in [0.3, 0.4) is 0 Å². The molecule has 5 heteroatoms. The number of carbonyl (C=O) groups is 1. The van der Waals surface area contributed by atoms with E-state index in [4.69, 9.17) is 9.47 Å². The smallest absolute Gasteiger partial charge is 0.245 e. The van der Waals surface area contributed by atoms with Crippen LogP contribution in [0.5, 0.6) is 11.5 Å². The van der Waals surface area contributed by atoms with Gasteiger partial charge in [0, 0.05) is 35.7 Å². The van der Waals surface area contributed by atoms with Crippen LogP contribution in [0.1, 0.15) is 40.5 Å². The van der Waals surface area contributed by atoms with Gasteiger partial charge in [0.1, 0.15) is 16.9 Å². The first-order valence-electron chi connectivity index (χ1n) is 10.2. The minimum Gasteiger partial charge on any atom is -0.497 e. The molecule has 0 aliphatic heterocycles.